The second-order valence-corrected chi connectivity index (χ2v) is 14.6. The predicted octanol–water partition coefficient (Wildman–Crippen LogP) is 5.20. The van der Waals surface area contributed by atoms with E-state index in [4.69, 9.17) is 14.5 Å². The highest BCUT2D eigenvalue weighted by Crippen LogP contribution is 2.38. The maximum absolute atomic E-state index is 13.6. The van der Waals surface area contributed by atoms with E-state index in [1.807, 2.05) is 61.2 Å². The van der Waals surface area contributed by atoms with Gasteiger partial charge < -0.3 is 39.9 Å². The van der Waals surface area contributed by atoms with Gasteiger partial charge in [0.25, 0.3) is 0 Å². The number of hydrogen-bond acceptors (Lipinski definition) is 8. The minimum absolute atomic E-state index is 0.0880. The number of aromatic nitrogens is 4. The lowest BCUT2D eigenvalue weighted by Crippen LogP contribution is -2.51. The zero-order valence-electron chi connectivity index (χ0n) is 31.0. The molecule has 0 bridgehead atoms. The van der Waals surface area contributed by atoms with Crippen molar-refractivity contribution in [3.05, 3.63) is 71.4 Å². The summed E-state index contributed by atoms with van der Waals surface area (Å²) >= 11 is 0. The Labute approximate surface area is 313 Å². The third kappa shape index (κ3) is 7.76. The Bertz CT molecular complexity index is 2090. The van der Waals surface area contributed by atoms with E-state index < -0.39 is 24.3 Å². The smallest absolute Gasteiger partial charge is 0.407 e. The largest absolute Gasteiger partial charge is 0.453 e. The first-order valence-electron chi connectivity index (χ1n) is 18.6. The van der Waals surface area contributed by atoms with E-state index in [1.165, 1.54) is 14.2 Å². The lowest BCUT2D eigenvalue weighted by atomic mass is 10.0. The van der Waals surface area contributed by atoms with Crippen molar-refractivity contribution >= 4 is 35.0 Å². The number of likely N-dealkylation sites (tertiary alicyclic amines) is 2. The number of carbonyl (C=O) groups is 4. The van der Waals surface area contributed by atoms with Crippen LogP contribution >= 0.6 is 0 Å². The third-order valence-electron chi connectivity index (χ3n) is 10.6. The number of nitrogens with one attached hydrogen (secondary N) is 4. The molecule has 54 heavy (non-hydrogen) atoms. The number of ether oxygens (including phenoxy) is 2. The molecule has 0 spiro atoms. The highest BCUT2D eigenvalue weighted by Gasteiger charge is 2.43. The van der Waals surface area contributed by atoms with Gasteiger partial charge in [-0.3, -0.25) is 9.59 Å². The fourth-order valence-electron chi connectivity index (χ4n) is 7.48. The molecule has 1 saturated carbocycles. The van der Waals surface area contributed by atoms with Crippen LogP contribution in [0.5, 0.6) is 0 Å². The number of hydrogen-bond donors (Lipinski definition) is 4. The highest BCUT2D eigenvalue weighted by atomic mass is 16.5. The molecule has 4 aromatic rings. The lowest BCUT2D eigenvalue weighted by Gasteiger charge is -2.30. The van der Waals surface area contributed by atoms with Gasteiger partial charge in [0.15, 0.2) is 0 Å². The first-order chi connectivity index (χ1) is 26.1. The quantitative estimate of drug-likeness (QED) is 0.170. The van der Waals surface area contributed by atoms with Crippen molar-refractivity contribution in [1.82, 2.24) is 40.4 Å². The number of carbonyl (C=O) groups excluding carboxylic acids is 4. The first kappa shape index (κ1) is 36.5. The Hall–Kier alpha value is -5.84. The zero-order chi connectivity index (χ0) is 37.9. The summed E-state index contributed by atoms with van der Waals surface area (Å²) in [6, 6.07) is 12.1. The molecule has 0 radical (unpaired) electrons. The minimum atomic E-state index is -0.691. The summed E-state index contributed by atoms with van der Waals surface area (Å²) in [4.78, 5) is 70.9. The number of H-pyrrole nitrogens is 2. The molecule has 2 aliphatic heterocycles. The van der Waals surface area contributed by atoms with Crippen LogP contribution in [-0.2, 0) is 19.1 Å². The van der Waals surface area contributed by atoms with Gasteiger partial charge in [-0.1, -0.05) is 37.8 Å². The van der Waals surface area contributed by atoms with Gasteiger partial charge in [0.2, 0.25) is 11.8 Å². The number of rotatable bonds is 9. The number of benzene rings is 2. The number of fused-ring (bicyclic) bond motifs is 1. The molecule has 0 unspecified atom stereocenters. The van der Waals surface area contributed by atoms with Crippen molar-refractivity contribution < 1.29 is 28.7 Å². The molecule has 7 rings (SSSR count). The van der Waals surface area contributed by atoms with Crippen LogP contribution in [0.1, 0.15) is 87.2 Å². The van der Waals surface area contributed by atoms with Crippen LogP contribution in [0.25, 0.3) is 22.3 Å². The molecular weight excluding hydrogens is 688 g/mol. The molecule has 14 heteroatoms. The molecule has 14 nitrogen and oxygen atoms in total. The molecule has 4 heterocycles. The van der Waals surface area contributed by atoms with E-state index in [-0.39, 0.29) is 35.7 Å². The van der Waals surface area contributed by atoms with Gasteiger partial charge in [0.1, 0.15) is 23.7 Å². The summed E-state index contributed by atoms with van der Waals surface area (Å²) in [5.41, 5.74) is 5.09. The average Bonchev–Trinajstić information content (AvgIpc) is 3.61. The van der Waals surface area contributed by atoms with Gasteiger partial charge in [-0.15, -0.1) is 0 Å². The average molecular weight is 735 g/mol. The number of nitrogens with zero attached hydrogens (tertiary/aromatic N) is 4. The maximum atomic E-state index is 13.6. The van der Waals surface area contributed by atoms with E-state index in [2.05, 4.69) is 37.4 Å². The molecule has 2 saturated heterocycles. The Balaban J connectivity index is 1.01. The number of methoxy groups -OCH3 is 2. The summed E-state index contributed by atoms with van der Waals surface area (Å²) in [6.07, 6.45) is 5.64. The van der Waals surface area contributed by atoms with Crippen molar-refractivity contribution in [1.29, 1.82) is 0 Å². The molecule has 4 atom stereocenters. The van der Waals surface area contributed by atoms with Gasteiger partial charge in [-0.2, -0.15) is 0 Å². The lowest BCUT2D eigenvalue weighted by molar-refractivity contribution is -0.136. The van der Waals surface area contributed by atoms with Crippen molar-refractivity contribution in [2.45, 2.75) is 76.5 Å². The standard InChI is InChI=1S/C40H46N8O6/c1-23(2)33(45-39(51)53-3)37(49)47-19-5-7-31(47)35-41-22-30(44-35)26-14-11-24(12-15-26)9-10-25-13-18-28-29(21-25)43-36(42-28)32-8-6-20-48(32)38(50)34(27-16-17-27)46-40(52)54-4/h11-15,18,21-23,27,31-34H,5-8,16-17,19-20H2,1-4H3,(H,41,44)(H,42,43)(H,45,51)(H,46,52)/t31-,32-,33-,34-/m0/s1. The Morgan fingerprint density at radius 3 is 2.09 bits per heavy atom. The zero-order valence-corrected chi connectivity index (χ0v) is 31.0. The molecule has 282 valence electrons. The predicted molar refractivity (Wildman–Crippen MR) is 200 cm³/mol. The monoisotopic (exact) mass is 734 g/mol. The second-order valence-electron chi connectivity index (χ2n) is 14.6. The van der Waals surface area contributed by atoms with Gasteiger partial charge in [-0.25, -0.2) is 19.6 Å². The van der Waals surface area contributed by atoms with Gasteiger partial charge in [0, 0.05) is 24.2 Å². The normalized spacial score (nSPS) is 19.3. The van der Waals surface area contributed by atoms with E-state index in [0.717, 1.165) is 77.8 Å². The van der Waals surface area contributed by atoms with Crippen LogP contribution < -0.4 is 10.6 Å². The van der Waals surface area contributed by atoms with Gasteiger partial charge in [0.05, 0.1) is 49.2 Å². The fraction of sp³-hybridized carbons (Fsp3) is 0.450. The van der Waals surface area contributed by atoms with Crippen molar-refractivity contribution in [3.63, 3.8) is 0 Å². The summed E-state index contributed by atoms with van der Waals surface area (Å²) in [5, 5.41) is 5.44. The molecule has 1 aliphatic carbocycles. The van der Waals surface area contributed by atoms with Crippen molar-refractivity contribution in [3.8, 4) is 23.1 Å². The summed E-state index contributed by atoms with van der Waals surface area (Å²) in [7, 11) is 2.59. The van der Waals surface area contributed by atoms with Crippen LogP contribution in [0, 0.1) is 23.7 Å². The third-order valence-corrected chi connectivity index (χ3v) is 10.6. The Morgan fingerprint density at radius 1 is 0.796 bits per heavy atom. The Morgan fingerprint density at radius 2 is 1.43 bits per heavy atom. The molecular formula is C40H46N8O6. The van der Waals surface area contributed by atoms with E-state index in [9.17, 15) is 19.2 Å². The van der Waals surface area contributed by atoms with Crippen molar-refractivity contribution in [2.24, 2.45) is 11.8 Å². The molecule has 3 aliphatic rings. The molecule has 3 fully saturated rings. The molecule has 4 amide bonds. The first-order valence-corrected chi connectivity index (χ1v) is 18.6. The topological polar surface area (TPSA) is 175 Å². The summed E-state index contributed by atoms with van der Waals surface area (Å²) < 4.78 is 9.52. The maximum Gasteiger partial charge on any atom is 0.407 e. The van der Waals surface area contributed by atoms with Crippen LogP contribution in [-0.4, -0.2) is 93.1 Å². The number of imidazole rings is 2. The summed E-state index contributed by atoms with van der Waals surface area (Å²) in [5.74, 6) is 7.75. The SMILES string of the molecule is COC(=O)N[C@H](C(=O)N1CCC[C@H]1c1ncc(-c2ccc(C#Cc3ccc4nc([C@@H]5CCCN5C(=O)[C@@H](NC(=O)OC)C5CC5)[nH]c4c3)cc2)[nH]1)C(C)C. The van der Waals surface area contributed by atoms with E-state index >= 15 is 0 Å². The number of alkyl carbamates (subject to hydrolysis) is 2. The minimum Gasteiger partial charge on any atom is -0.453 e. The molecule has 2 aromatic heterocycles. The molecule has 4 N–H and O–H groups in total. The summed E-state index contributed by atoms with van der Waals surface area (Å²) in [6.45, 7) is 4.99. The van der Waals surface area contributed by atoms with Gasteiger partial charge >= 0.3 is 12.2 Å². The number of aromatic amines is 2. The van der Waals surface area contributed by atoms with E-state index in [0.29, 0.717) is 18.9 Å². The highest BCUT2D eigenvalue weighted by molar-refractivity contribution is 5.87. The van der Waals surface area contributed by atoms with E-state index in [1.54, 1.807) is 11.1 Å². The van der Waals surface area contributed by atoms with Crippen molar-refractivity contribution in [2.75, 3.05) is 27.3 Å². The van der Waals surface area contributed by atoms with Crippen LogP contribution in [0.3, 0.4) is 0 Å². The van der Waals surface area contributed by atoms with Gasteiger partial charge in [-0.05, 0) is 86.3 Å². The second kappa shape index (κ2) is 15.6. The van der Waals surface area contributed by atoms with Crippen LogP contribution in [0.4, 0.5) is 9.59 Å². The number of amides is 4. The van der Waals surface area contributed by atoms with Crippen LogP contribution in [0.2, 0.25) is 0 Å². The fourth-order valence-corrected chi connectivity index (χ4v) is 7.48. The molecule has 2 aromatic carbocycles. The Kier molecular flexibility index (Phi) is 10.6. The van der Waals surface area contributed by atoms with Crippen LogP contribution in [0.15, 0.2) is 48.7 Å².